The Balaban J connectivity index is 1.83. The molecule has 0 saturated heterocycles. The third kappa shape index (κ3) is 5.44. The Morgan fingerprint density at radius 3 is 2.82 bits per heavy atom. The van der Waals surface area contributed by atoms with Crippen molar-refractivity contribution in [2.24, 2.45) is 0 Å². The molecule has 1 aromatic heterocycles. The van der Waals surface area contributed by atoms with Gasteiger partial charge in [-0.25, -0.2) is 4.98 Å². The topological polar surface area (TPSA) is 51.2 Å². The van der Waals surface area contributed by atoms with Crippen LogP contribution in [0.2, 0.25) is 0 Å². The third-order valence-electron chi connectivity index (χ3n) is 2.50. The van der Waals surface area contributed by atoms with Crippen molar-refractivity contribution in [1.82, 2.24) is 10.3 Å². The first-order chi connectivity index (χ1) is 10.4. The number of para-hydroxylation sites is 1. The molecule has 120 valence electrons. The smallest absolute Gasteiger partial charge is 0.234 e. The molecule has 0 aliphatic carbocycles. The highest BCUT2D eigenvalue weighted by atomic mass is 35.6. The molecule has 22 heavy (non-hydrogen) atoms. The molecular formula is C13H13Cl3N2O2S2. The number of amides is 1. The third-order valence-corrected chi connectivity index (χ3v) is 5.24. The molecule has 1 atom stereocenters. The number of carbonyl (C=O) groups excluding carboxylic acids is 1. The Morgan fingerprint density at radius 1 is 1.45 bits per heavy atom. The molecule has 0 bridgehead atoms. The molecule has 2 rings (SSSR count). The number of alkyl halides is 3. The Hall–Kier alpha value is -0.240. The average molecular weight is 400 g/mol. The largest absolute Gasteiger partial charge is 0.353 e. The van der Waals surface area contributed by atoms with Crippen LogP contribution in [0.15, 0.2) is 28.6 Å². The number of benzene rings is 1. The highest BCUT2D eigenvalue weighted by Gasteiger charge is 2.34. The van der Waals surface area contributed by atoms with Crippen molar-refractivity contribution in [3.63, 3.8) is 0 Å². The van der Waals surface area contributed by atoms with Gasteiger partial charge in [-0.1, -0.05) is 58.7 Å². The van der Waals surface area contributed by atoms with E-state index in [1.54, 1.807) is 23.1 Å². The van der Waals surface area contributed by atoms with E-state index in [-0.39, 0.29) is 5.91 Å². The van der Waals surface area contributed by atoms with E-state index in [1.165, 1.54) is 6.92 Å². The average Bonchev–Trinajstić information content (AvgIpc) is 2.83. The second kappa shape index (κ2) is 8.04. The lowest BCUT2D eigenvalue weighted by molar-refractivity contribution is -0.123. The second-order valence-corrected chi connectivity index (χ2v) is 9.03. The summed E-state index contributed by atoms with van der Waals surface area (Å²) in [5.41, 5.74) is 0.980. The van der Waals surface area contributed by atoms with Gasteiger partial charge in [-0.3, -0.25) is 4.79 Å². The SMILES string of the molecule is CC(=O)N[C@H](OCCSc1nc2ccccc2s1)C(Cl)(Cl)Cl. The molecule has 0 aliphatic heterocycles. The van der Waals surface area contributed by atoms with E-state index in [0.29, 0.717) is 12.4 Å². The summed E-state index contributed by atoms with van der Waals surface area (Å²) in [6, 6.07) is 7.95. The molecule has 0 spiro atoms. The molecule has 0 aliphatic rings. The fraction of sp³-hybridized carbons (Fsp3) is 0.385. The summed E-state index contributed by atoms with van der Waals surface area (Å²) in [5.74, 6) is 0.312. The maximum atomic E-state index is 11.1. The number of nitrogens with one attached hydrogen (secondary N) is 1. The van der Waals surface area contributed by atoms with Gasteiger partial charge in [0.05, 0.1) is 16.8 Å². The van der Waals surface area contributed by atoms with Crippen molar-refractivity contribution in [2.45, 2.75) is 21.3 Å². The van der Waals surface area contributed by atoms with E-state index in [1.807, 2.05) is 24.3 Å². The normalized spacial score (nSPS) is 13.3. The number of hydrogen-bond donors (Lipinski definition) is 1. The Morgan fingerprint density at radius 2 is 2.18 bits per heavy atom. The van der Waals surface area contributed by atoms with Crippen LogP contribution in [0, 0.1) is 0 Å². The first kappa shape index (κ1) is 18.1. The van der Waals surface area contributed by atoms with Gasteiger partial charge in [-0.15, -0.1) is 11.3 Å². The summed E-state index contributed by atoms with van der Waals surface area (Å²) in [4.78, 5) is 15.6. The van der Waals surface area contributed by atoms with E-state index in [9.17, 15) is 4.79 Å². The van der Waals surface area contributed by atoms with Crippen LogP contribution in [0.1, 0.15) is 6.92 Å². The summed E-state index contributed by atoms with van der Waals surface area (Å²) < 4.78 is 5.82. The molecule has 1 aromatic carbocycles. The molecule has 9 heteroatoms. The summed E-state index contributed by atoms with van der Waals surface area (Å²) in [5, 5.41) is 2.46. The van der Waals surface area contributed by atoms with Gasteiger partial charge in [0.2, 0.25) is 9.70 Å². The van der Waals surface area contributed by atoms with Gasteiger partial charge in [0, 0.05) is 12.7 Å². The maximum Gasteiger partial charge on any atom is 0.234 e. The zero-order chi connectivity index (χ0) is 16.2. The number of rotatable bonds is 6. The van der Waals surface area contributed by atoms with E-state index >= 15 is 0 Å². The van der Waals surface area contributed by atoms with Crippen LogP contribution in [0.4, 0.5) is 0 Å². The molecule has 0 saturated carbocycles. The van der Waals surface area contributed by atoms with Crippen LogP contribution in [0.25, 0.3) is 10.2 Å². The highest BCUT2D eigenvalue weighted by Crippen LogP contribution is 2.32. The van der Waals surface area contributed by atoms with Gasteiger partial charge < -0.3 is 10.1 Å². The fourth-order valence-corrected chi connectivity index (χ4v) is 3.93. The van der Waals surface area contributed by atoms with Gasteiger partial charge >= 0.3 is 0 Å². The number of thiazole rings is 1. The molecule has 2 aromatic rings. The molecule has 4 nitrogen and oxygen atoms in total. The van der Waals surface area contributed by atoms with Gasteiger partial charge in [-0.2, -0.15) is 0 Å². The summed E-state index contributed by atoms with van der Waals surface area (Å²) in [7, 11) is 0. The standard InChI is InChI=1S/C13H13Cl3N2O2S2/c1-8(19)17-11(13(14,15)16)20-6-7-21-12-18-9-4-2-3-5-10(9)22-12/h2-5,11H,6-7H2,1H3,(H,17,19)/t11-/m1/s1. The minimum atomic E-state index is -1.72. The van der Waals surface area contributed by atoms with Crippen LogP contribution in [-0.2, 0) is 9.53 Å². The first-order valence-electron chi connectivity index (χ1n) is 6.30. The zero-order valence-electron chi connectivity index (χ0n) is 11.5. The van der Waals surface area contributed by atoms with Crippen molar-refractivity contribution in [3.8, 4) is 0 Å². The Kier molecular flexibility index (Phi) is 6.61. The van der Waals surface area contributed by atoms with Crippen LogP contribution in [0.5, 0.6) is 0 Å². The second-order valence-electron chi connectivity index (χ2n) is 4.29. The Bertz CT molecular complexity index is 612. The van der Waals surface area contributed by atoms with Crippen molar-refractivity contribution < 1.29 is 9.53 Å². The molecule has 0 unspecified atom stereocenters. The van der Waals surface area contributed by atoms with E-state index in [2.05, 4.69) is 10.3 Å². The Labute approximate surface area is 151 Å². The van der Waals surface area contributed by atoms with Crippen LogP contribution in [0.3, 0.4) is 0 Å². The lowest BCUT2D eigenvalue weighted by atomic mass is 10.3. The molecule has 1 amide bonds. The van der Waals surface area contributed by atoms with Crippen LogP contribution in [-0.4, -0.2) is 33.3 Å². The summed E-state index contributed by atoms with van der Waals surface area (Å²) >= 11 is 20.5. The van der Waals surface area contributed by atoms with E-state index in [0.717, 1.165) is 14.6 Å². The van der Waals surface area contributed by atoms with Gasteiger partial charge in [0.1, 0.15) is 0 Å². The number of aromatic nitrogens is 1. The number of nitrogens with zero attached hydrogens (tertiary/aromatic N) is 1. The van der Waals surface area contributed by atoms with Crippen molar-refractivity contribution in [2.75, 3.05) is 12.4 Å². The van der Waals surface area contributed by atoms with Gasteiger partial charge in [-0.05, 0) is 12.1 Å². The number of ether oxygens (including phenoxy) is 1. The van der Waals surface area contributed by atoms with Crippen LogP contribution >= 0.6 is 57.9 Å². The van der Waals surface area contributed by atoms with Crippen molar-refractivity contribution in [1.29, 1.82) is 0 Å². The number of thioether (sulfide) groups is 1. The maximum absolute atomic E-state index is 11.1. The lowest BCUT2D eigenvalue weighted by Crippen LogP contribution is -2.45. The predicted molar refractivity (Wildman–Crippen MR) is 94.2 cm³/mol. The van der Waals surface area contributed by atoms with Gasteiger partial charge in [0.15, 0.2) is 10.6 Å². The van der Waals surface area contributed by atoms with E-state index in [4.69, 9.17) is 39.5 Å². The summed E-state index contributed by atoms with van der Waals surface area (Å²) in [6.45, 7) is 1.65. The minimum Gasteiger partial charge on any atom is -0.353 e. The minimum absolute atomic E-state index is 0.319. The monoisotopic (exact) mass is 398 g/mol. The number of fused-ring (bicyclic) bond motifs is 1. The number of carbonyl (C=O) groups is 1. The van der Waals surface area contributed by atoms with Crippen molar-refractivity contribution >= 4 is 74.0 Å². The molecule has 1 heterocycles. The number of hydrogen-bond acceptors (Lipinski definition) is 5. The molecular weight excluding hydrogens is 387 g/mol. The van der Waals surface area contributed by atoms with E-state index < -0.39 is 10.0 Å². The fourth-order valence-electron chi connectivity index (χ4n) is 1.61. The lowest BCUT2D eigenvalue weighted by Gasteiger charge is -2.24. The highest BCUT2D eigenvalue weighted by molar-refractivity contribution is 8.01. The molecule has 0 fully saturated rings. The summed E-state index contributed by atoms with van der Waals surface area (Å²) in [6.07, 6.45) is -0.981. The predicted octanol–water partition coefficient (Wildman–Crippen LogP) is 4.24. The molecule has 0 radical (unpaired) electrons. The van der Waals surface area contributed by atoms with Gasteiger partial charge in [0.25, 0.3) is 0 Å². The first-order valence-corrected chi connectivity index (χ1v) is 9.23. The van der Waals surface area contributed by atoms with Crippen LogP contribution < -0.4 is 5.32 Å². The molecule has 1 N–H and O–H groups in total. The zero-order valence-corrected chi connectivity index (χ0v) is 15.4. The quantitative estimate of drug-likeness (QED) is 0.342. The van der Waals surface area contributed by atoms with Crippen molar-refractivity contribution in [3.05, 3.63) is 24.3 Å². The number of halogens is 3.